The lowest BCUT2D eigenvalue weighted by atomic mass is 9.86. The Balaban J connectivity index is 1.34. The Bertz CT molecular complexity index is 1620. The number of Topliss-reactive ketones (excluding diaryl/α,β-unsaturated/α-hetero) is 1. The van der Waals surface area contributed by atoms with E-state index in [2.05, 4.69) is 0 Å². The number of rotatable bonds is 4. The van der Waals surface area contributed by atoms with Gasteiger partial charge >= 0.3 is 0 Å². The van der Waals surface area contributed by atoms with Gasteiger partial charge < -0.3 is 14.4 Å². The summed E-state index contributed by atoms with van der Waals surface area (Å²) in [6.07, 6.45) is 3.76. The molecule has 2 fully saturated rings. The summed E-state index contributed by atoms with van der Waals surface area (Å²) < 4.78 is 11.2. The number of fused-ring (bicyclic) bond motifs is 6. The zero-order valence-corrected chi connectivity index (χ0v) is 20.4. The highest BCUT2D eigenvalue weighted by atomic mass is 16.6. The van der Waals surface area contributed by atoms with Crippen LogP contribution in [0, 0.1) is 22.0 Å². The standard InChI is InChI=1S/C29H21N3O7/c33-27(17-5-3-6-19(14-17)32(36)37)26-25-24(21-10-8-16-4-1-2-7-20(16)31(21)26)28(34)30(29(25)35)18-9-11-22-23(15-18)39-13-12-38-22/h1-11,14-15,21,24-26H,12-13H2/t21-,24-,25+,26-/m0/s1. The maximum Gasteiger partial charge on any atom is 0.270 e. The topological polar surface area (TPSA) is 119 Å². The van der Waals surface area contributed by atoms with Gasteiger partial charge in [-0.1, -0.05) is 42.5 Å². The molecule has 0 N–H and O–H groups in total. The van der Waals surface area contributed by atoms with Crippen LogP contribution in [0.25, 0.3) is 6.08 Å². The molecule has 4 atom stereocenters. The largest absolute Gasteiger partial charge is 0.486 e. The van der Waals surface area contributed by atoms with E-state index in [1.807, 2.05) is 41.3 Å². The number of nitro groups is 1. The van der Waals surface area contributed by atoms with Crippen molar-refractivity contribution >= 4 is 40.7 Å². The van der Waals surface area contributed by atoms with E-state index < -0.39 is 46.4 Å². The number of carbonyl (C=O) groups is 3. The van der Waals surface area contributed by atoms with Gasteiger partial charge in [-0.25, -0.2) is 4.90 Å². The van der Waals surface area contributed by atoms with Gasteiger partial charge in [0.1, 0.15) is 19.3 Å². The van der Waals surface area contributed by atoms with E-state index in [9.17, 15) is 24.5 Å². The van der Waals surface area contributed by atoms with E-state index in [1.165, 1.54) is 24.3 Å². The Labute approximate surface area is 222 Å². The summed E-state index contributed by atoms with van der Waals surface area (Å²) in [5.74, 6) is -2.19. The second kappa shape index (κ2) is 8.52. The summed E-state index contributed by atoms with van der Waals surface area (Å²) in [6.45, 7) is 0.759. The second-order valence-corrected chi connectivity index (χ2v) is 9.82. The first-order chi connectivity index (χ1) is 18.9. The fourth-order valence-electron chi connectivity index (χ4n) is 6.18. The average Bonchev–Trinajstić information content (AvgIpc) is 3.44. The van der Waals surface area contributed by atoms with Gasteiger partial charge in [0.2, 0.25) is 11.8 Å². The molecule has 3 aromatic carbocycles. The molecule has 0 aromatic heterocycles. The predicted molar refractivity (Wildman–Crippen MR) is 140 cm³/mol. The molecule has 0 spiro atoms. The van der Waals surface area contributed by atoms with Gasteiger partial charge in [-0.15, -0.1) is 0 Å². The zero-order valence-electron chi connectivity index (χ0n) is 20.4. The van der Waals surface area contributed by atoms with Crippen molar-refractivity contribution in [1.82, 2.24) is 0 Å². The van der Waals surface area contributed by atoms with Crippen LogP contribution < -0.4 is 19.3 Å². The summed E-state index contributed by atoms with van der Waals surface area (Å²) in [5.41, 5.74) is 1.82. The van der Waals surface area contributed by atoms with Crippen molar-refractivity contribution in [2.24, 2.45) is 11.8 Å². The molecular weight excluding hydrogens is 502 g/mol. The van der Waals surface area contributed by atoms with Gasteiger partial charge in [0, 0.05) is 29.4 Å². The number of hydrogen-bond donors (Lipinski definition) is 0. The highest BCUT2D eigenvalue weighted by Gasteiger charge is 2.64. The zero-order chi connectivity index (χ0) is 26.8. The molecule has 10 nitrogen and oxygen atoms in total. The number of non-ortho nitro benzene ring substituents is 1. The lowest BCUT2D eigenvalue weighted by Crippen LogP contribution is -2.48. The maximum atomic E-state index is 14.1. The fourth-order valence-corrected chi connectivity index (χ4v) is 6.18. The predicted octanol–water partition coefficient (Wildman–Crippen LogP) is 3.64. The first-order valence-electron chi connectivity index (χ1n) is 12.6. The van der Waals surface area contributed by atoms with Crippen molar-refractivity contribution < 1.29 is 28.8 Å². The van der Waals surface area contributed by atoms with Gasteiger partial charge in [0.05, 0.1) is 28.5 Å². The molecule has 0 bridgehead atoms. The van der Waals surface area contributed by atoms with Gasteiger partial charge in [0.25, 0.3) is 5.69 Å². The van der Waals surface area contributed by atoms with Gasteiger partial charge in [-0.05, 0) is 23.8 Å². The maximum absolute atomic E-state index is 14.1. The molecule has 2 amide bonds. The third-order valence-corrected chi connectivity index (χ3v) is 7.81. The first-order valence-corrected chi connectivity index (χ1v) is 12.6. The second-order valence-electron chi connectivity index (χ2n) is 9.82. The molecule has 4 heterocycles. The lowest BCUT2D eigenvalue weighted by Gasteiger charge is -2.36. The van der Waals surface area contributed by atoms with E-state index in [1.54, 1.807) is 18.2 Å². The molecule has 0 radical (unpaired) electrons. The van der Waals surface area contributed by atoms with Crippen LogP contribution in [-0.4, -0.2) is 47.8 Å². The Hall–Kier alpha value is -4.99. The summed E-state index contributed by atoms with van der Waals surface area (Å²) in [6, 6.07) is 16.3. The summed E-state index contributed by atoms with van der Waals surface area (Å²) in [5, 5.41) is 11.4. The van der Waals surface area contributed by atoms with E-state index in [0.29, 0.717) is 30.4 Å². The molecule has 10 heteroatoms. The molecule has 0 aliphatic carbocycles. The van der Waals surface area contributed by atoms with Crippen LogP contribution in [0.3, 0.4) is 0 Å². The summed E-state index contributed by atoms with van der Waals surface area (Å²) in [7, 11) is 0. The van der Waals surface area contributed by atoms with Crippen molar-refractivity contribution in [2.75, 3.05) is 23.0 Å². The molecule has 2 saturated heterocycles. The normalized spacial score (nSPS) is 24.3. The number of ether oxygens (including phenoxy) is 2. The Morgan fingerprint density at radius 3 is 2.49 bits per heavy atom. The van der Waals surface area contributed by atoms with Crippen molar-refractivity contribution in [3.8, 4) is 11.5 Å². The fraction of sp³-hybridized carbons (Fsp3) is 0.207. The number of carbonyl (C=O) groups excluding carboxylic acids is 3. The van der Waals surface area contributed by atoms with Crippen LogP contribution in [0.15, 0.2) is 72.8 Å². The first kappa shape index (κ1) is 23.2. The number of ketones is 1. The van der Waals surface area contributed by atoms with E-state index in [4.69, 9.17) is 9.47 Å². The molecule has 39 heavy (non-hydrogen) atoms. The third kappa shape index (κ3) is 3.37. The highest BCUT2D eigenvalue weighted by molar-refractivity contribution is 6.25. The molecule has 3 aromatic rings. The highest BCUT2D eigenvalue weighted by Crippen LogP contribution is 2.50. The van der Waals surface area contributed by atoms with Crippen LogP contribution in [0.1, 0.15) is 15.9 Å². The van der Waals surface area contributed by atoms with E-state index >= 15 is 0 Å². The quantitative estimate of drug-likeness (QED) is 0.220. The molecular formula is C29H21N3O7. The number of amides is 2. The van der Waals surface area contributed by atoms with Crippen LogP contribution in [0.4, 0.5) is 17.1 Å². The van der Waals surface area contributed by atoms with E-state index in [0.717, 1.165) is 16.2 Å². The van der Waals surface area contributed by atoms with Gasteiger partial charge in [-0.2, -0.15) is 0 Å². The Morgan fingerprint density at radius 1 is 0.897 bits per heavy atom. The number of imide groups is 1. The van der Waals surface area contributed by atoms with Crippen LogP contribution in [0.5, 0.6) is 11.5 Å². The number of nitrogens with zero attached hydrogens (tertiary/aromatic N) is 3. The number of anilines is 2. The smallest absolute Gasteiger partial charge is 0.270 e. The Kier molecular flexibility index (Phi) is 5.06. The number of para-hydroxylation sites is 1. The number of benzene rings is 3. The summed E-state index contributed by atoms with van der Waals surface area (Å²) in [4.78, 5) is 55.9. The van der Waals surface area contributed by atoms with E-state index in [-0.39, 0.29) is 11.3 Å². The van der Waals surface area contributed by atoms with Gasteiger partial charge in [-0.3, -0.25) is 24.5 Å². The molecule has 7 rings (SSSR count). The SMILES string of the molecule is O=C(c1cccc([N+](=O)[O-])c1)[C@@H]1[C@@H]2C(=O)N(c3ccc4c(c3)OCCO4)C(=O)[C@H]2[C@@H]2C=Cc3ccccc3N12. The van der Waals surface area contributed by atoms with Gasteiger partial charge in [0.15, 0.2) is 17.3 Å². The molecule has 0 unspecified atom stereocenters. The van der Waals surface area contributed by atoms with Crippen molar-refractivity contribution in [2.45, 2.75) is 12.1 Å². The molecule has 194 valence electrons. The Morgan fingerprint density at radius 2 is 1.67 bits per heavy atom. The minimum atomic E-state index is -1.04. The van der Waals surface area contributed by atoms with Crippen molar-refractivity contribution in [3.05, 3.63) is 94.0 Å². The third-order valence-electron chi connectivity index (χ3n) is 7.81. The average molecular weight is 524 g/mol. The monoisotopic (exact) mass is 523 g/mol. The lowest BCUT2D eigenvalue weighted by molar-refractivity contribution is -0.384. The van der Waals surface area contributed by atoms with Crippen LogP contribution in [0.2, 0.25) is 0 Å². The summed E-state index contributed by atoms with van der Waals surface area (Å²) >= 11 is 0. The van der Waals surface area contributed by atoms with Crippen molar-refractivity contribution in [1.29, 1.82) is 0 Å². The number of nitro benzene ring substituents is 1. The minimum absolute atomic E-state index is 0.110. The molecule has 0 saturated carbocycles. The molecule has 4 aliphatic rings. The van der Waals surface area contributed by atoms with Crippen LogP contribution >= 0.6 is 0 Å². The van der Waals surface area contributed by atoms with Crippen LogP contribution in [-0.2, 0) is 9.59 Å². The van der Waals surface area contributed by atoms with Crippen molar-refractivity contribution in [3.63, 3.8) is 0 Å². The minimum Gasteiger partial charge on any atom is -0.486 e. The molecule has 4 aliphatic heterocycles. The number of hydrogen-bond acceptors (Lipinski definition) is 8.